The van der Waals surface area contributed by atoms with Crippen molar-refractivity contribution in [3.63, 3.8) is 0 Å². The van der Waals surface area contributed by atoms with Crippen LogP contribution in [0.15, 0.2) is 48.0 Å². The summed E-state index contributed by atoms with van der Waals surface area (Å²) in [7, 11) is 0. The SMILES string of the molecule is Cc1ccc(-c2cnc(N)c(-c3cc4sc5ccsc5c4s3)n2)cc1. The molecule has 0 saturated carbocycles. The van der Waals surface area contributed by atoms with E-state index in [-0.39, 0.29) is 0 Å². The average molecular weight is 380 g/mol. The van der Waals surface area contributed by atoms with Crippen molar-refractivity contribution in [2.45, 2.75) is 6.92 Å². The van der Waals surface area contributed by atoms with Crippen LogP contribution in [0.25, 0.3) is 40.6 Å². The first-order valence-corrected chi connectivity index (χ1v) is 10.3. The smallest absolute Gasteiger partial charge is 0.150 e. The van der Waals surface area contributed by atoms with E-state index in [0.717, 1.165) is 21.8 Å². The Labute approximate surface area is 156 Å². The third-order valence-electron chi connectivity index (χ3n) is 4.13. The quantitative estimate of drug-likeness (QED) is 0.398. The van der Waals surface area contributed by atoms with Gasteiger partial charge in [0.25, 0.3) is 0 Å². The van der Waals surface area contributed by atoms with Crippen LogP contribution in [0.2, 0.25) is 0 Å². The molecule has 0 atom stereocenters. The van der Waals surface area contributed by atoms with Gasteiger partial charge >= 0.3 is 0 Å². The minimum absolute atomic E-state index is 0.479. The van der Waals surface area contributed by atoms with Crippen LogP contribution >= 0.6 is 34.0 Å². The van der Waals surface area contributed by atoms with E-state index in [2.05, 4.69) is 53.7 Å². The Balaban J connectivity index is 1.66. The lowest BCUT2D eigenvalue weighted by molar-refractivity contribution is 1.22. The monoisotopic (exact) mass is 379 g/mol. The molecule has 0 unspecified atom stereocenters. The Kier molecular flexibility index (Phi) is 3.38. The first kappa shape index (κ1) is 15.0. The molecule has 5 aromatic rings. The molecule has 0 amide bonds. The minimum Gasteiger partial charge on any atom is -0.382 e. The Hall–Kier alpha value is -2.28. The van der Waals surface area contributed by atoms with Gasteiger partial charge in [-0.1, -0.05) is 29.8 Å². The number of aryl methyl sites for hydroxylation is 1. The van der Waals surface area contributed by atoms with Crippen molar-refractivity contribution in [1.82, 2.24) is 9.97 Å². The van der Waals surface area contributed by atoms with Gasteiger partial charge in [-0.3, -0.25) is 0 Å². The van der Waals surface area contributed by atoms with Gasteiger partial charge in [0.05, 0.1) is 26.2 Å². The summed E-state index contributed by atoms with van der Waals surface area (Å²) in [4.78, 5) is 10.3. The largest absolute Gasteiger partial charge is 0.382 e. The maximum absolute atomic E-state index is 6.15. The zero-order valence-corrected chi connectivity index (χ0v) is 15.8. The molecule has 1 aromatic carbocycles. The molecule has 0 aliphatic heterocycles. The Morgan fingerprint density at radius 3 is 2.64 bits per heavy atom. The van der Waals surface area contributed by atoms with Crippen LogP contribution in [0.4, 0.5) is 5.82 Å². The normalized spacial score (nSPS) is 11.6. The predicted octanol–water partition coefficient (Wildman–Crippen LogP) is 6.19. The lowest BCUT2D eigenvalue weighted by Crippen LogP contribution is -1.97. The van der Waals surface area contributed by atoms with Crippen molar-refractivity contribution in [1.29, 1.82) is 0 Å². The number of nitrogen functional groups attached to an aromatic ring is 1. The second kappa shape index (κ2) is 5.62. The Morgan fingerprint density at radius 1 is 0.960 bits per heavy atom. The van der Waals surface area contributed by atoms with Crippen molar-refractivity contribution in [3.8, 4) is 21.8 Å². The standard InChI is InChI=1S/C19H13N3S3/c1-10-2-4-11(5-3-10)12-9-21-19(20)16(22-12)14-8-15-18(25-14)17-13(24-15)6-7-23-17/h2-9H,1H3,(H2,20,21). The number of nitrogens with zero attached hydrogens (tertiary/aromatic N) is 2. The van der Waals surface area contributed by atoms with Crippen LogP contribution in [-0.4, -0.2) is 9.97 Å². The molecule has 0 aliphatic rings. The van der Waals surface area contributed by atoms with Gasteiger partial charge in [-0.15, -0.1) is 34.0 Å². The summed E-state index contributed by atoms with van der Waals surface area (Å²) in [6, 6.07) is 12.7. The van der Waals surface area contributed by atoms with Crippen LogP contribution < -0.4 is 5.73 Å². The number of hydrogen-bond donors (Lipinski definition) is 1. The number of benzene rings is 1. The van der Waals surface area contributed by atoms with Crippen molar-refractivity contribution < 1.29 is 0 Å². The zero-order valence-electron chi connectivity index (χ0n) is 13.3. The molecule has 4 heterocycles. The van der Waals surface area contributed by atoms with Crippen LogP contribution in [0.1, 0.15) is 5.56 Å². The van der Waals surface area contributed by atoms with E-state index >= 15 is 0 Å². The molecule has 0 fully saturated rings. The van der Waals surface area contributed by atoms with E-state index in [1.807, 2.05) is 11.3 Å². The highest BCUT2D eigenvalue weighted by molar-refractivity contribution is 7.38. The van der Waals surface area contributed by atoms with Crippen LogP contribution in [0.3, 0.4) is 0 Å². The molecule has 3 nitrogen and oxygen atoms in total. The van der Waals surface area contributed by atoms with Gasteiger partial charge in [-0.05, 0) is 24.4 Å². The second-order valence-electron chi connectivity index (χ2n) is 5.88. The maximum atomic E-state index is 6.15. The van der Waals surface area contributed by atoms with Gasteiger partial charge in [0.1, 0.15) is 5.69 Å². The summed E-state index contributed by atoms with van der Waals surface area (Å²) in [5, 5.41) is 2.15. The van der Waals surface area contributed by atoms with Crippen molar-refractivity contribution in [3.05, 3.63) is 53.5 Å². The number of aromatic nitrogens is 2. The average Bonchev–Trinajstić information content (AvgIpc) is 3.28. The van der Waals surface area contributed by atoms with E-state index in [1.54, 1.807) is 28.9 Å². The molecule has 5 rings (SSSR count). The van der Waals surface area contributed by atoms with Gasteiger partial charge in [0.15, 0.2) is 5.82 Å². The number of nitrogens with two attached hydrogens (primary N) is 1. The fraction of sp³-hybridized carbons (Fsp3) is 0.0526. The number of rotatable bonds is 2. The molecule has 0 spiro atoms. The predicted molar refractivity (Wildman–Crippen MR) is 111 cm³/mol. The first-order chi connectivity index (χ1) is 12.2. The van der Waals surface area contributed by atoms with E-state index in [0.29, 0.717) is 5.82 Å². The summed E-state index contributed by atoms with van der Waals surface area (Å²) < 4.78 is 5.33. The lowest BCUT2D eigenvalue weighted by atomic mass is 10.1. The Bertz CT molecular complexity index is 1210. The maximum Gasteiger partial charge on any atom is 0.150 e. The van der Waals surface area contributed by atoms with Crippen molar-refractivity contribution >= 4 is 58.6 Å². The van der Waals surface area contributed by atoms with Crippen LogP contribution in [-0.2, 0) is 0 Å². The van der Waals surface area contributed by atoms with E-state index in [4.69, 9.17) is 10.7 Å². The summed E-state index contributed by atoms with van der Waals surface area (Å²) in [6.45, 7) is 2.08. The highest BCUT2D eigenvalue weighted by Crippen LogP contribution is 2.45. The molecule has 0 radical (unpaired) electrons. The zero-order chi connectivity index (χ0) is 17.0. The fourth-order valence-corrected chi connectivity index (χ4v) is 6.60. The molecular formula is C19H13N3S3. The Morgan fingerprint density at radius 2 is 1.80 bits per heavy atom. The van der Waals surface area contributed by atoms with Crippen molar-refractivity contribution in [2.24, 2.45) is 0 Å². The number of hydrogen-bond acceptors (Lipinski definition) is 6. The molecule has 122 valence electrons. The van der Waals surface area contributed by atoms with E-state index in [1.165, 1.54) is 24.4 Å². The minimum atomic E-state index is 0.479. The van der Waals surface area contributed by atoms with Gasteiger partial charge < -0.3 is 5.73 Å². The topological polar surface area (TPSA) is 51.8 Å². The van der Waals surface area contributed by atoms with Crippen LogP contribution in [0, 0.1) is 6.92 Å². The molecule has 0 saturated heterocycles. The summed E-state index contributed by atoms with van der Waals surface area (Å²) in [5.74, 6) is 0.479. The molecule has 0 bridgehead atoms. The fourth-order valence-electron chi connectivity index (χ4n) is 2.83. The second-order valence-corrected chi connectivity index (χ2v) is 8.93. The molecule has 2 N–H and O–H groups in total. The third-order valence-corrected chi connectivity index (χ3v) is 7.72. The molecule has 25 heavy (non-hydrogen) atoms. The number of anilines is 1. The summed E-state index contributed by atoms with van der Waals surface area (Å²) in [6.07, 6.45) is 1.75. The summed E-state index contributed by atoms with van der Waals surface area (Å²) >= 11 is 5.36. The number of fused-ring (bicyclic) bond motifs is 3. The molecule has 4 aromatic heterocycles. The van der Waals surface area contributed by atoms with E-state index < -0.39 is 0 Å². The highest BCUT2D eigenvalue weighted by atomic mass is 32.1. The van der Waals surface area contributed by atoms with Gasteiger partial charge in [0, 0.05) is 15.0 Å². The van der Waals surface area contributed by atoms with E-state index in [9.17, 15) is 0 Å². The lowest BCUT2D eigenvalue weighted by Gasteiger charge is -2.06. The molecular weight excluding hydrogens is 366 g/mol. The first-order valence-electron chi connectivity index (χ1n) is 7.78. The molecule has 0 aliphatic carbocycles. The van der Waals surface area contributed by atoms with Crippen molar-refractivity contribution in [2.75, 3.05) is 5.73 Å². The summed E-state index contributed by atoms with van der Waals surface area (Å²) in [5.41, 5.74) is 10.1. The van der Waals surface area contributed by atoms with Crippen LogP contribution in [0.5, 0.6) is 0 Å². The van der Waals surface area contributed by atoms with Gasteiger partial charge in [-0.2, -0.15) is 0 Å². The highest BCUT2D eigenvalue weighted by Gasteiger charge is 2.15. The number of thiophene rings is 3. The molecule has 6 heteroatoms. The van der Waals surface area contributed by atoms with Gasteiger partial charge in [0.2, 0.25) is 0 Å². The third kappa shape index (κ3) is 2.45. The van der Waals surface area contributed by atoms with Gasteiger partial charge in [-0.25, -0.2) is 9.97 Å².